The molecule has 1 atom stereocenters. The van der Waals surface area contributed by atoms with Crippen molar-refractivity contribution < 1.29 is 0 Å². The van der Waals surface area contributed by atoms with Crippen molar-refractivity contribution in [3.63, 3.8) is 0 Å². The Kier molecular flexibility index (Phi) is 5.93. The van der Waals surface area contributed by atoms with Crippen LogP contribution in [-0.2, 0) is 19.3 Å². The van der Waals surface area contributed by atoms with Crippen LogP contribution < -0.4 is 0 Å². The first-order valence-electron chi connectivity index (χ1n) is 7.56. The number of alkyl halides is 1. The molecule has 0 nitrogen and oxygen atoms in total. The average Bonchev–Trinajstić information content (AvgIpc) is 2.84. The van der Waals surface area contributed by atoms with Crippen LogP contribution in [0.2, 0.25) is 0 Å². The van der Waals surface area contributed by atoms with Crippen molar-refractivity contribution in [1.29, 1.82) is 0 Å². The van der Waals surface area contributed by atoms with E-state index in [1.807, 2.05) is 0 Å². The van der Waals surface area contributed by atoms with Gasteiger partial charge in [0.25, 0.3) is 0 Å². The minimum Gasteiger partial charge on any atom is -0.131 e. The lowest BCUT2D eigenvalue weighted by Gasteiger charge is -2.19. The van der Waals surface area contributed by atoms with Crippen LogP contribution in [0.3, 0.4) is 0 Å². The summed E-state index contributed by atoms with van der Waals surface area (Å²) in [6, 6.07) is 6.87. The van der Waals surface area contributed by atoms with Crippen molar-refractivity contribution in [3.05, 3.63) is 54.7 Å². The third kappa shape index (κ3) is 3.55. The van der Waals surface area contributed by atoms with E-state index in [-0.39, 0.29) is 5.38 Å². The summed E-state index contributed by atoms with van der Waals surface area (Å²) in [7, 11) is 0. The molecule has 0 N–H and O–H groups in total. The highest BCUT2D eigenvalue weighted by Gasteiger charge is 2.21. The summed E-state index contributed by atoms with van der Waals surface area (Å²) < 4.78 is 1.18. The molecule has 0 saturated heterocycles. The molecule has 0 radical (unpaired) electrons. The molecule has 0 aliphatic rings. The average molecular weight is 386 g/mol. The van der Waals surface area contributed by atoms with Crippen LogP contribution in [0, 0.1) is 6.92 Å². The molecule has 1 unspecified atom stereocenters. The van der Waals surface area contributed by atoms with Crippen LogP contribution in [0.15, 0.2) is 22.0 Å². The van der Waals surface area contributed by atoms with E-state index < -0.39 is 0 Å². The van der Waals surface area contributed by atoms with Gasteiger partial charge in [0.15, 0.2) is 0 Å². The molecule has 1 aromatic carbocycles. The van der Waals surface area contributed by atoms with Gasteiger partial charge in [0.05, 0.1) is 9.16 Å². The molecule has 1 heterocycles. The normalized spacial score (nSPS) is 12.7. The maximum absolute atomic E-state index is 6.87. The number of thiophene rings is 1. The van der Waals surface area contributed by atoms with Crippen molar-refractivity contribution in [2.24, 2.45) is 0 Å². The summed E-state index contributed by atoms with van der Waals surface area (Å²) in [4.78, 5) is 1.23. The van der Waals surface area contributed by atoms with Crippen molar-refractivity contribution in [1.82, 2.24) is 0 Å². The van der Waals surface area contributed by atoms with Gasteiger partial charge in [-0.3, -0.25) is 0 Å². The highest BCUT2D eigenvalue weighted by atomic mass is 79.9. The lowest BCUT2D eigenvalue weighted by Crippen LogP contribution is -2.04. The molecular weight excluding hydrogens is 364 g/mol. The number of halogens is 2. The monoisotopic (exact) mass is 384 g/mol. The lowest BCUT2D eigenvalue weighted by molar-refractivity contribution is 0.971. The van der Waals surface area contributed by atoms with Gasteiger partial charge >= 0.3 is 0 Å². The van der Waals surface area contributed by atoms with Crippen LogP contribution >= 0.6 is 38.9 Å². The summed E-state index contributed by atoms with van der Waals surface area (Å²) in [5.74, 6) is 0. The molecular formula is C18H22BrClS. The van der Waals surface area contributed by atoms with Crippen LogP contribution in [-0.4, -0.2) is 0 Å². The predicted molar refractivity (Wildman–Crippen MR) is 99.0 cm³/mol. The molecule has 0 aliphatic carbocycles. The van der Waals surface area contributed by atoms with Gasteiger partial charge in [-0.05, 0) is 76.0 Å². The molecule has 3 heteroatoms. The first-order valence-corrected chi connectivity index (χ1v) is 9.60. The van der Waals surface area contributed by atoms with E-state index >= 15 is 0 Å². The van der Waals surface area contributed by atoms with E-state index in [1.54, 1.807) is 11.3 Å². The van der Waals surface area contributed by atoms with Gasteiger partial charge in [-0.1, -0.05) is 32.9 Å². The molecule has 21 heavy (non-hydrogen) atoms. The molecule has 2 rings (SSSR count). The molecule has 0 aliphatic heterocycles. The van der Waals surface area contributed by atoms with Gasteiger partial charge in [-0.2, -0.15) is 0 Å². The van der Waals surface area contributed by atoms with E-state index in [1.165, 1.54) is 36.5 Å². The first kappa shape index (κ1) is 17.1. The zero-order valence-corrected chi connectivity index (χ0v) is 16.3. The Labute approximate surface area is 145 Å². The summed E-state index contributed by atoms with van der Waals surface area (Å²) in [5, 5.41) is -0.0455. The Morgan fingerprint density at radius 3 is 2.00 bits per heavy atom. The predicted octanol–water partition coefficient (Wildman–Crippen LogP) is 6.83. The third-order valence-corrected chi connectivity index (χ3v) is 6.74. The van der Waals surface area contributed by atoms with Gasteiger partial charge in [0.1, 0.15) is 0 Å². The number of hydrogen-bond acceptors (Lipinski definition) is 1. The number of rotatable bonds is 5. The molecule has 114 valence electrons. The SMILES string of the molecule is CCc1cc(CC)c(C(Cl)c2cc(C)c(Br)s2)c(CC)c1. The van der Waals surface area contributed by atoms with Crippen molar-refractivity contribution in [2.45, 2.75) is 52.3 Å². The Hall–Kier alpha value is -0.310. The second-order valence-electron chi connectivity index (χ2n) is 5.36. The van der Waals surface area contributed by atoms with Gasteiger partial charge < -0.3 is 0 Å². The molecule has 0 bridgehead atoms. The zero-order chi connectivity index (χ0) is 15.6. The first-order chi connectivity index (χ1) is 10.0. The van der Waals surface area contributed by atoms with Crippen molar-refractivity contribution in [3.8, 4) is 0 Å². The van der Waals surface area contributed by atoms with E-state index in [9.17, 15) is 0 Å². The van der Waals surface area contributed by atoms with Gasteiger partial charge in [0.2, 0.25) is 0 Å². The number of benzene rings is 1. The molecule has 2 aromatic rings. The van der Waals surface area contributed by atoms with Crippen LogP contribution in [0.5, 0.6) is 0 Å². The molecule has 0 saturated carbocycles. The smallest absolute Gasteiger partial charge is 0.0933 e. The van der Waals surface area contributed by atoms with E-state index in [2.05, 4.69) is 61.8 Å². The quantitative estimate of drug-likeness (QED) is 0.494. The maximum Gasteiger partial charge on any atom is 0.0933 e. The van der Waals surface area contributed by atoms with E-state index in [4.69, 9.17) is 11.6 Å². The lowest BCUT2D eigenvalue weighted by atomic mass is 9.91. The van der Waals surface area contributed by atoms with Gasteiger partial charge in [-0.25, -0.2) is 0 Å². The van der Waals surface area contributed by atoms with Gasteiger partial charge in [-0.15, -0.1) is 22.9 Å². The summed E-state index contributed by atoms with van der Waals surface area (Å²) in [6.45, 7) is 8.77. The second-order valence-corrected chi connectivity index (χ2v) is 8.19. The number of hydrogen-bond donors (Lipinski definition) is 0. The largest absolute Gasteiger partial charge is 0.131 e. The molecule has 1 aromatic heterocycles. The van der Waals surface area contributed by atoms with Crippen LogP contribution in [0.1, 0.15) is 58.8 Å². The highest BCUT2D eigenvalue weighted by molar-refractivity contribution is 9.11. The summed E-state index contributed by atoms with van der Waals surface area (Å²) in [5.41, 5.74) is 6.80. The van der Waals surface area contributed by atoms with Crippen LogP contribution in [0.25, 0.3) is 0 Å². The second kappa shape index (κ2) is 7.30. The minimum absolute atomic E-state index is 0.0455. The Morgan fingerprint density at radius 1 is 1.05 bits per heavy atom. The minimum atomic E-state index is -0.0455. The fourth-order valence-corrected chi connectivity index (χ4v) is 4.75. The fraction of sp³-hybridized carbons (Fsp3) is 0.444. The third-order valence-electron chi connectivity index (χ3n) is 3.96. The maximum atomic E-state index is 6.87. The molecule has 0 amide bonds. The Morgan fingerprint density at radius 2 is 1.62 bits per heavy atom. The van der Waals surface area contributed by atoms with Crippen molar-refractivity contribution in [2.75, 3.05) is 0 Å². The Balaban J connectivity index is 2.55. The standard InChI is InChI=1S/C18H22BrClS/c1-5-12-9-13(6-2)16(14(7-3)10-12)17(20)15-8-11(4)18(19)21-15/h8-10,17H,5-7H2,1-4H3. The summed E-state index contributed by atoms with van der Waals surface area (Å²) >= 11 is 12.2. The van der Waals surface area contributed by atoms with Crippen molar-refractivity contribution >= 4 is 38.9 Å². The Bertz CT molecular complexity index is 586. The molecule has 0 fully saturated rings. The van der Waals surface area contributed by atoms with E-state index in [0.29, 0.717) is 0 Å². The van der Waals surface area contributed by atoms with Crippen LogP contribution in [0.4, 0.5) is 0 Å². The van der Waals surface area contributed by atoms with Gasteiger partial charge in [0, 0.05) is 4.88 Å². The molecule has 0 spiro atoms. The zero-order valence-electron chi connectivity index (χ0n) is 13.1. The number of aryl methyl sites for hydroxylation is 4. The summed E-state index contributed by atoms with van der Waals surface area (Å²) in [6.07, 6.45) is 3.15. The van der Waals surface area contributed by atoms with E-state index in [0.717, 1.165) is 19.3 Å². The topological polar surface area (TPSA) is 0 Å². The fourth-order valence-electron chi connectivity index (χ4n) is 2.72. The highest BCUT2D eigenvalue weighted by Crippen LogP contribution is 2.41.